The van der Waals surface area contributed by atoms with E-state index in [-0.39, 0.29) is 3.23 Å². The third kappa shape index (κ3) is 2.94. The van der Waals surface area contributed by atoms with Gasteiger partial charge >= 0.3 is 0 Å². The highest BCUT2D eigenvalue weighted by atomic mass is 79.9. The lowest BCUT2D eigenvalue weighted by Crippen LogP contribution is -2.63. The molecule has 1 saturated heterocycles. The van der Waals surface area contributed by atoms with E-state index in [9.17, 15) is 0 Å². The molecule has 0 bridgehead atoms. The summed E-state index contributed by atoms with van der Waals surface area (Å²) in [6, 6.07) is 4.48. The Labute approximate surface area is 150 Å². The number of thiophene rings is 1. The molecule has 0 spiro atoms. The fraction of sp³-hybridized carbons (Fsp3) is 0.714. The molecule has 1 atom stereocenters. The minimum absolute atomic E-state index is 0.0517. The lowest BCUT2D eigenvalue weighted by molar-refractivity contribution is 0.771. The van der Waals surface area contributed by atoms with Gasteiger partial charge in [0.2, 0.25) is 0 Å². The minimum Gasteiger partial charge on any atom is -0.150 e. The summed E-state index contributed by atoms with van der Waals surface area (Å²) in [6.07, 6.45) is 1.25. The molecule has 0 radical (unpaired) electrons. The van der Waals surface area contributed by atoms with E-state index in [2.05, 4.69) is 100 Å². The average Bonchev–Trinajstić information content (AvgIpc) is 2.79. The first-order valence-corrected chi connectivity index (χ1v) is 17.3. The van der Waals surface area contributed by atoms with E-state index in [4.69, 9.17) is 0 Å². The van der Waals surface area contributed by atoms with E-state index in [0.717, 1.165) is 0 Å². The Kier molecular flexibility index (Phi) is 4.90. The fourth-order valence-corrected chi connectivity index (χ4v) is 23.5. The Morgan fingerprint density at radius 2 is 1.65 bits per heavy atom. The van der Waals surface area contributed by atoms with Crippen molar-refractivity contribution in [2.24, 2.45) is 0 Å². The lowest BCUT2D eigenvalue weighted by Gasteiger charge is -2.49. The van der Waals surface area contributed by atoms with Gasteiger partial charge in [-0.2, -0.15) is 0 Å². The predicted molar refractivity (Wildman–Crippen MR) is 109 cm³/mol. The number of hydrogen-bond donors (Lipinski definition) is 0. The maximum Gasteiger partial charge on any atom is 0.0979 e. The van der Waals surface area contributed by atoms with Crippen molar-refractivity contribution in [3.8, 4) is 0 Å². The van der Waals surface area contributed by atoms with E-state index in [0.29, 0.717) is 9.24 Å². The normalized spacial score (nSPS) is 25.9. The molecule has 2 rings (SSSR count). The number of halogens is 2. The quantitative estimate of drug-likeness (QED) is 0.341. The molecule has 0 amide bonds. The maximum absolute atomic E-state index is 4.04. The van der Waals surface area contributed by atoms with E-state index in [1.165, 1.54) is 11.3 Å². The molecule has 0 saturated carbocycles. The molecule has 6 heteroatoms. The molecule has 1 aliphatic heterocycles. The van der Waals surface area contributed by atoms with Crippen molar-refractivity contribution in [2.45, 2.75) is 58.2 Å². The Bertz CT molecular complexity index is 458. The van der Waals surface area contributed by atoms with Crippen molar-refractivity contribution >= 4 is 71.1 Å². The van der Waals surface area contributed by atoms with E-state index in [1.54, 1.807) is 0 Å². The molecule has 2 heterocycles. The zero-order valence-corrected chi connectivity index (χ0v) is 19.9. The van der Waals surface area contributed by atoms with Crippen molar-refractivity contribution in [1.82, 2.24) is 0 Å². The van der Waals surface area contributed by atoms with Crippen molar-refractivity contribution in [3.05, 3.63) is 22.4 Å². The minimum atomic E-state index is -1.28. The van der Waals surface area contributed by atoms with Crippen LogP contribution in [0.3, 0.4) is 0 Å². The molecule has 1 aromatic rings. The molecule has 0 nitrogen and oxygen atoms in total. The second-order valence-corrected chi connectivity index (χ2v) is 26.0. The van der Waals surface area contributed by atoms with Gasteiger partial charge in [0.1, 0.15) is 0 Å². The Morgan fingerprint density at radius 1 is 1.10 bits per heavy atom. The van der Waals surface area contributed by atoms with Crippen LogP contribution in [0.25, 0.3) is 0 Å². The summed E-state index contributed by atoms with van der Waals surface area (Å²) in [5.74, 6) is 0. The summed E-state index contributed by atoms with van der Waals surface area (Å²) >= 11 is 12.2. The third-order valence-electron chi connectivity index (χ3n) is 4.41. The van der Waals surface area contributed by atoms with Crippen LogP contribution in [0.5, 0.6) is 0 Å². The van der Waals surface area contributed by atoms with Crippen LogP contribution in [-0.4, -0.2) is 23.4 Å². The number of hydrogen-bond acceptors (Lipinski definition) is 2. The van der Waals surface area contributed by atoms with Crippen LogP contribution >= 0.6 is 55.0 Å². The lowest BCUT2D eigenvalue weighted by atomic mass is 10.2. The Balaban J connectivity index is 2.49. The van der Waals surface area contributed by atoms with Crippen LogP contribution in [0.1, 0.15) is 16.5 Å². The van der Waals surface area contributed by atoms with E-state index < -0.39 is 16.1 Å². The van der Waals surface area contributed by atoms with Gasteiger partial charge in [-0.15, -0.1) is 23.1 Å². The van der Waals surface area contributed by atoms with Gasteiger partial charge in [-0.1, -0.05) is 77.2 Å². The van der Waals surface area contributed by atoms with Crippen LogP contribution in [0, 0.1) is 0 Å². The number of alkyl halides is 2. The van der Waals surface area contributed by atoms with Crippen LogP contribution in [-0.2, 0) is 0 Å². The zero-order chi connectivity index (χ0) is 15.4. The predicted octanol–water partition coefficient (Wildman–Crippen LogP) is 6.91. The van der Waals surface area contributed by atoms with Crippen molar-refractivity contribution < 1.29 is 0 Å². The first-order chi connectivity index (χ1) is 8.91. The molecule has 0 N–H and O–H groups in total. The first kappa shape index (κ1) is 17.8. The maximum atomic E-state index is 4.04. The molecular formula is C14H24Br2S2Si2. The highest BCUT2D eigenvalue weighted by molar-refractivity contribution is 9.25. The van der Waals surface area contributed by atoms with Crippen LogP contribution < -0.4 is 0 Å². The van der Waals surface area contributed by atoms with Crippen LogP contribution in [0.4, 0.5) is 0 Å². The molecule has 0 aromatic carbocycles. The second kappa shape index (κ2) is 5.51. The zero-order valence-electron chi connectivity index (χ0n) is 13.1. The molecule has 0 aliphatic carbocycles. The number of rotatable bonds is 3. The third-order valence-corrected chi connectivity index (χ3v) is 23.1. The molecule has 1 aromatic heterocycles. The van der Waals surface area contributed by atoms with Crippen LogP contribution in [0.15, 0.2) is 17.5 Å². The number of thioether (sulfide) groups is 1. The molecule has 1 unspecified atom stereocenters. The van der Waals surface area contributed by atoms with Gasteiger partial charge in [-0.05, 0) is 17.9 Å². The summed E-state index contributed by atoms with van der Waals surface area (Å²) in [5, 5.41) is 2.73. The van der Waals surface area contributed by atoms with Gasteiger partial charge in [0.05, 0.1) is 24.6 Å². The monoisotopic (exact) mass is 470 g/mol. The van der Waals surface area contributed by atoms with Gasteiger partial charge in [0.15, 0.2) is 0 Å². The molecular weight excluding hydrogens is 448 g/mol. The Morgan fingerprint density at radius 3 is 2.00 bits per heavy atom. The fourth-order valence-electron chi connectivity index (χ4n) is 3.47. The molecule has 114 valence electrons. The highest BCUT2D eigenvalue weighted by Gasteiger charge is 2.63. The summed E-state index contributed by atoms with van der Waals surface area (Å²) in [7, 11) is -2.57. The van der Waals surface area contributed by atoms with Crippen molar-refractivity contribution in [1.29, 1.82) is 0 Å². The summed E-state index contributed by atoms with van der Waals surface area (Å²) in [4.78, 5) is 1.50. The van der Waals surface area contributed by atoms with Gasteiger partial charge in [0, 0.05) is 8.87 Å². The van der Waals surface area contributed by atoms with Gasteiger partial charge < -0.3 is 0 Å². The molecule has 1 aliphatic rings. The summed E-state index contributed by atoms with van der Waals surface area (Å²) in [6.45, 7) is 15.4. The smallest absolute Gasteiger partial charge is 0.0979 e. The molecule has 1 fully saturated rings. The second-order valence-electron chi connectivity index (χ2n) is 7.78. The summed E-state index contributed by atoms with van der Waals surface area (Å²) < 4.78 is 0.553. The topological polar surface area (TPSA) is 0 Å². The standard InChI is InChI=1S/C14H24Br2S2Si2/c1-19(2,3)14(20(4,5)6)10-13(15,16)12(18-14)11-8-7-9-17-11/h7-9,12H,10H2,1-6H3. The van der Waals surface area contributed by atoms with Crippen LogP contribution in [0.2, 0.25) is 39.3 Å². The molecule has 20 heavy (non-hydrogen) atoms. The van der Waals surface area contributed by atoms with Gasteiger partial charge in [-0.25, -0.2) is 0 Å². The Hall–Kier alpha value is 1.44. The van der Waals surface area contributed by atoms with E-state index in [1.807, 2.05) is 11.3 Å². The highest BCUT2D eigenvalue weighted by Crippen LogP contribution is 2.68. The summed E-state index contributed by atoms with van der Waals surface area (Å²) in [5.41, 5.74) is 0. The van der Waals surface area contributed by atoms with Gasteiger partial charge in [-0.3, -0.25) is 0 Å². The SMILES string of the molecule is C[Si](C)(C)C1([Si](C)(C)C)CC(Br)(Br)C(c2cccs2)S1. The van der Waals surface area contributed by atoms with E-state index >= 15 is 0 Å². The van der Waals surface area contributed by atoms with Crippen molar-refractivity contribution in [2.75, 3.05) is 0 Å². The first-order valence-electron chi connectivity index (χ1n) is 7.00. The van der Waals surface area contributed by atoms with Gasteiger partial charge in [0.25, 0.3) is 0 Å². The average molecular weight is 472 g/mol. The van der Waals surface area contributed by atoms with Crippen molar-refractivity contribution in [3.63, 3.8) is 0 Å². The largest absolute Gasteiger partial charge is 0.150 e.